The highest BCUT2D eigenvalue weighted by molar-refractivity contribution is 6.31. The van der Waals surface area contributed by atoms with E-state index in [4.69, 9.17) is 21.1 Å². The number of methoxy groups -OCH3 is 2. The molecule has 0 spiro atoms. The summed E-state index contributed by atoms with van der Waals surface area (Å²) in [4.78, 5) is 14.9. The van der Waals surface area contributed by atoms with Crippen LogP contribution >= 0.6 is 11.6 Å². The number of benzene rings is 3. The second kappa shape index (κ2) is 7.76. The Labute approximate surface area is 173 Å². The third-order valence-corrected chi connectivity index (χ3v) is 5.32. The highest BCUT2D eigenvalue weighted by Crippen LogP contribution is 2.43. The van der Waals surface area contributed by atoms with Crippen LogP contribution in [0.5, 0.6) is 11.5 Å². The summed E-state index contributed by atoms with van der Waals surface area (Å²) in [6.07, 6.45) is 0.208. The smallest absolute Gasteiger partial charge is 0.232 e. The maximum Gasteiger partial charge on any atom is 0.232 e. The minimum atomic E-state index is -0.454. The Hall–Kier alpha value is -3.05. The van der Waals surface area contributed by atoms with Gasteiger partial charge in [0, 0.05) is 10.7 Å². The van der Waals surface area contributed by atoms with E-state index >= 15 is 0 Å². The molecule has 29 heavy (non-hydrogen) atoms. The van der Waals surface area contributed by atoms with Gasteiger partial charge in [0.15, 0.2) is 11.5 Å². The van der Waals surface area contributed by atoms with Gasteiger partial charge in [0.1, 0.15) is 5.82 Å². The molecule has 148 valence electrons. The fraction of sp³-hybridized carbons (Fsp3) is 0.174. The lowest BCUT2D eigenvalue weighted by atomic mass is 9.87. The van der Waals surface area contributed by atoms with Crippen molar-refractivity contribution in [3.8, 4) is 11.5 Å². The zero-order valence-corrected chi connectivity index (χ0v) is 16.7. The molecule has 0 fully saturated rings. The molecule has 0 unspecified atom stereocenters. The van der Waals surface area contributed by atoms with Crippen molar-refractivity contribution in [1.29, 1.82) is 0 Å². The largest absolute Gasteiger partial charge is 0.493 e. The number of ether oxygens (including phenoxy) is 2. The molecule has 6 heteroatoms. The van der Waals surface area contributed by atoms with Crippen LogP contribution in [-0.2, 0) is 11.2 Å². The van der Waals surface area contributed by atoms with Crippen molar-refractivity contribution < 1.29 is 18.7 Å². The summed E-state index contributed by atoms with van der Waals surface area (Å²) in [5, 5.41) is 0.534. The standard InChI is InChI=1S/C23H19ClFNO3/c1-28-20-10-15-11-22(27)26(18-5-3-4-16(24)12-18)23(19(15)13-21(20)29-2)14-6-8-17(25)9-7-14/h3-10,12-13,23H,11H2,1-2H3/t23-/m1/s1. The molecule has 0 saturated heterocycles. The van der Waals surface area contributed by atoms with Crippen LogP contribution < -0.4 is 14.4 Å². The zero-order valence-electron chi connectivity index (χ0n) is 16.0. The lowest BCUT2D eigenvalue weighted by Gasteiger charge is -2.38. The van der Waals surface area contributed by atoms with E-state index in [0.29, 0.717) is 22.2 Å². The van der Waals surface area contributed by atoms with Gasteiger partial charge < -0.3 is 14.4 Å². The SMILES string of the molecule is COc1cc2c(cc1OC)[C@@H](c1ccc(F)cc1)N(c1cccc(Cl)c1)C(=O)C2. The number of hydrogen-bond acceptors (Lipinski definition) is 3. The molecule has 0 N–H and O–H groups in total. The number of anilines is 1. The third kappa shape index (κ3) is 3.54. The molecule has 1 heterocycles. The Balaban J connectivity index is 1.95. The highest BCUT2D eigenvalue weighted by Gasteiger charge is 2.36. The number of carbonyl (C=O) groups excluding carboxylic acids is 1. The third-order valence-electron chi connectivity index (χ3n) is 5.08. The Morgan fingerprint density at radius 2 is 1.69 bits per heavy atom. The van der Waals surface area contributed by atoms with Gasteiger partial charge in [-0.3, -0.25) is 4.79 Å². The molecular weight excluding hydrogens is 393 g/mol. The van der Waals surface area contributed by atoms with Gasteiger partial charge in [0.25, 0.3) is 0 Å². The van der Waals surface area contributed by atoms with Crippen molar-refractivity contribution in [2.24, 2.45) is 0 Å². The van der Waals surface area contributed by atoms with Crippen molar-refractivity contribution >= 4 is 23.2 Å². The zero-order chi connectivity index (χ0) is 20.5. The predicted molar refractivity (Wildman–Crippen MR) is 110 cm³/mol. The van der Waals surface area contributed by atoms with Gasteiger partial charge in [-0.25, -0.2) is 4.39 Å². The van der Waals surface area contributed by atoms with Crippen LogP contribution in [0.15, 0.2) is 60.7 Å². The molecule has 4 nitrogen and oxygen atoms in total. The summed E-state index contributed by atoms with van der Waals surface area (Å²) in [6.45, 7) is 0. The molecule has 0 aliphatic carbocycles. The molecular formula is C23H19ClFNO3. The number of fused-ring (bicyclic) bond motifs is 1. The maximum absolute atomic E-state index is 13.6. The first-order chi connectivity index (χ1) is 14.0. The van der Waals surface area contributed by atoms with Gasteiger partial charge in [0.05, 0.1) is 26.7 Å². The summed E-state index contributed by atoms with van der Waals surface area (Å²) in [7, 11) is 3.13. The first kappa shape index (κ1) is 19.3. The average Bonchev–Trinajstić information content (AvgIpc) is 2.72. The van der Waals surface area contributed by atoms with E-state index in [1.165, 1.54) is 12.1 Å². The number of rotatable bonds is 4. The van der Waals surface area contributed by atoms with Crippen LogP contribution in [0.3, 0.4) is 0 Å². The van der Waals surface area contributed by atoms with E-state index in [1.807, 2.05) is 18.2 Å². The number of carbonyl (C=O) groups is 1. The van der Waals surface area contributed by atoms with E-state index in [0.717, 1.165) is 16.7 Å². The molecule has 3 aromatic carbocycles. The van der Waals surface area contributed by atoms with Gasteiger partial charge in [-0.15, -0.1) is 0 Å². The topological polar surface area (TPSA) is 38.8 Å². The second-order valence-corrected chi connectivity index (χ2v) is 7.22. The van der Waals surface area contributed by atoms with Crippen LogP contribution in [0.4, 0.5) is 10.1 Å². The van der Waals surface area contributed by atoms with E-state index in [9.17, 15) is 9.18 Å². The van der Waals surface area contributed by atoms with Crippen molar-refractivity contribution in [3.05, 3.63) is 88.2 Å². The maximum atomic E-state index is 13.6. The summed E-state index contributed by atoms with van der Waals surface area (Å²) < 4.78 is 24.5. The Kier molecular flexibility index (Phi) is 5.16. The Bertz CT molecular complexity index is 1070. The minimum Gasteiger partial charge on any atom is -0.493 e. The quantitative estimate of drug-likeness (QED) is 0.594. The predicted octanol–water partition coefficient (Wildman–Crippen LogP) is 5.18. The molecule has 1 amide bonds. The molecule has 1 aliphatic rings. The summed E-state index contributed by atoms with van der Waals surface area (Å²) in [5.41, 5.74) is 3.21. The average molecular weight is 412 g/mol. The van der Waals surface area contributed by atoms with Crippen LogP contribution in [0.25, 0.3) is 0 Å². The normalized spacial score (nSPS) is 15.8. The number of nitrogens with zero attached hydrogens (tertiary/aromatic N) is 1. The lowest BCUT2D eigenvalue weighted by molar-refractivity contribution is -0.118. The first-order valence-corrected chi connectivity index (χ1v) is 9.47. The monoisotopic (exact) mass is 411 g/mol. The molecule has 3 aromatic rings. The fourth-order valence-electron chi connectivity index (χ4n) is 3.77. The molecule has 1 atom stereocenters. The van der Waals surface area contributed by atoms with Gasteiger partial charge >= 0.3 is 0 Å². The van der Waals surface area contributed by atoms with Crippen molar-refractivity contribution in [2.45, 2.75) is 12.5 Å². The van der Waals surface area contributed by atoms with E-state index in [1.54, 1.807) is 49.5 Å². The van der Waals surface area contributed by atoms with Gasteiger partial charge in [-0.05, 0) is 59.2 Å². The van der Waals surface area contributed by atoms with Crippen molar-refractivity contribution in [1.82, 2.24) is 0 Å². The first-order valence-electron chi connectivity index (χ1n) is 9.09. The van der Waals surface area contributed by atoms with E-state index < -0.39 is 6.04 Å². The number of hydrogen-bond donors (Lipinski definition) is 0. The molecule has 0 bridgehead atoms. The van der Waals surface area contributed by atoms with Gasteiger partial charge in [0.2, 0.25) is 5.91 Å². The minimum absolute atomic E-state index is 0.0821. The molecule has 0 aromatic heterocycles. The van der Waals surface area contributed by atoms with E-state index in [-0.39, 0.29) is 18.1 Å². The highest BCUT2D eigenvalue weighted by atomic mass is 35.5. The van der Waals surface area contributed by atoms with Crippen LogP contribution in [-0.4, -0.2) is 20.1 Å². The van der Waals surface area contributed by atoms with Crippen molar-refractivity contribution in [3.63, 3.8) is 0 Å². The fourth-order valence-corrected chi connectivity index (χ4v) is 3.95. The molecule has 1 aliphatic heterocycles. The molecule has 0 saturated carbocycles. The van der Waals surface area contributed by atoms with Crippen LogP contribution in [0, 0.1) is 5.82 Å². The van der Waals surface area contributed by atoms with Gasteiger partial charge in [-0.1, -0.05) is 29.8 Å². The summed E-state index contributed by atoms with van der Waals surface area (Å²) >= 11 is 6.19. The summed E-state index contributed by atoms with van der Waals surface area (Å²) in [5.74, 6) is 0.714. The molecule has 0 radical (unpaired) electrons. The van der Waals surface area contributed by atoms with Crippen LogP contribution in [0.2, 0.25) is 5.02 Å². The van der Waals surface area contributed by atoms with Crippen LogP contribution in [0.1, 0.15) is 22.7 Å². The lowest BCUT2D eigenvalue weighted by Crippen LogP contribution is -2.41. The van der Waals surface area contributed by atoms with Crippen molar-refractivity contribution in [2.75, 3.05) is 19.1 Å². The van der Waals surface area contributed by atoms with Gasteiger partial charge in [-0.2, -0.15) is 0 Å². The molecule has 4 rings (SSSR count). The number of amides is 1. The summed E-state index contributed by atoms with van der Waals surface area (Å²) in [6, 6.07) is 16.6. The Morgan fingerprint density at radius 3 is 2.34 bits per heavy atom. The number of halogens is 2. The Morgan fingerprint density at radius 1 is 1.00 bits per heavy atom. The second-order valence-electron chi connectivity index (χ2n) is 6.78. The van der Waals surface area contributed by atoms with E-state index in [2.05, 4.69) is 0 Å².